The van der Waals surface area contributed by atoms with E-state index in [0.29, 0.717) is 23.7 Å². The summed E-state index contributed by atoms with van der Waals surface area (Å²) in [7, 11) is 0. The summed E-state index contributed by atoms with van der Waals surface area (Å²) in [6.07, 6.45) is 2.56. The minimum absolute atomic E-state index is 0.378. The number of anilines is 2. The second-order valence-electron chi connectivity index (χ2n) is 4.47. The fourth-order valence-electron chi connectivity index (χ4n) is 2.29. The van der Waals surface area contributed by atoms with Crippen LogP contribution in [0.4, 0.5) is 11.6 Å². The molecule has 2 rings (SSSR count). The van der Waals surface area contributed by atoms with Crippen molar-refractivity contribution in [1.29, 1.82) is 0 Å². The van der Waals surface area contributed by atoms with E-state index in [1.165, 1.54) is 0 Å². The molecule has 5 nitrogen and oxygen atoms in total. The summed E-state index contributed by atoms with van der Waals surface area (Å²) >= 11 is 0. The van der Waals surface area contributed by atoms with Gasteiger partial charge >= 0.3 is 0 Å². The van der Waals surface area contributed by atoms with Gasteiger partial charge in [0, 0.05) is 25.1 Å². The van der Waals surface area contributed by atoms with Gasteiger partial charge in [-0.05, 0) is 19.8 Å². The van der Waals surface area contributed by atoms with Crippen LogP contribution in [0.25, 0.3) is 0 Å². The zero-order chi connectivity index (χ0) is 12.3. The van der Waals surface area contributed by atoms with Crippen LogP contribution >= 0.6 is 0 Å². The van der Waals surface area contributed by atoms with Crippen molar-refractivity contribution < 1.29 is 4.74 Å². The molecule has 3 N–H and O–H groups in total. The van der Waals surface area contributed by atoms with Gasteiger partial charge in [0.2, 0.25) is 0 Å². The number of rotatable bonds is 4. The van der Waals surface area contributed by atoms with E-state index >= 15 is 0 Å². The number of aromatic nitrogens is 2. The summed E-state index contributed by atoms with van der Waals surface area (Å²) in [6, 6.07) is 1.77. The Morgan fingerprint density at radius 2 is 2.35 bits per heavy atom. The second kappa shape index (κ2) is 5.31. The molecule has 17 heavy (non-hydrogen) atoms. The van der Waals surface area contributed by atoms with Gasteiger partial charge in [-0.1, -0.05) is 6.92 Å². The molecule has 0 spiro atoms. The lowest BCUT2D eigenvalue weighted by Gasteiger charge is -2.17. The normalized spacial score (nSPS) is 23.9. The highest BCUT2D eigenvalue weighted by Crippen LogP contribution is 2.23. The van der Waals surface area contributed by atoms with Crippen molar-refractivity contribution in [1.82, 2.24) is 9.97 Å². The molecule has 2 unspecified atom stereocenters. The van der Waals surface area contributed by atoms with Crippen molar-refractivity contribution in [3.05, 3.63) is 11.9 Å². The summed E-state index contributed by atoms with van der Waals surface area (Å²) in [5.74, 6) is 2.57. The number of nitrogens with two attached hydrogens (primary N) is 1. The van der Waals surface area contributed by atoms with Gasteiger partial charge < -0.3 is 15.8 Å². The highest BCUT2D eigenvalue weighted by atomic mass is 16.5. The highest BCUT2D eigenvalue weighted by molar-refractivity contribution is 5.44. The molecule has 1 aromatic heterocycles. The molecule has 1 aromatic rings. The number of ether oxygens (including phenoxy) is 1. The molecule has 1 fully saturated rings. The maximum absolute atomic E-state index is 5.68. The third-order valence-electron chi connectivity index (χ3n) is 3.15. The van der Waals surface area contributed by atoms with E-state index in [1.54, 1.807) is 6.07 Å². The summed E-state index contributed by atoms with van der Waals surface area (Å²) in [5, 5.41) is 3.32. The lowest BCUT2D eigenvalue weighted by atomic mass is 10.00. The van der Waals surface area contributed by atoms with Crippen molar-refractivity contribution in [2.75, 3.05) is 24.2 Å². The summed E-state index contributed by atoms with van der Waals surface area (Å²) < 4.78 is 5.65. The number of nitrogen functional groups attached to an aromatic ring is 1. The second-order valence-corrected chi connectivity index (χ2v) is 4.47. The number of nitrogens with one attached hydrogen (secondary N) is 1. The molecule has 0 aliphatic carbocycles. The average molecular weight is 236 g/mol. The first-order valence-corrected chi connectivity index (χ1v) is 6.15. The van der Waals surface area contributed by atoms with E-state index in [4.69, 9.17) is 10.5 Å². The third-order valence-corrected chi connectivity index (χ3v) is 3.15. The zero-order valence-electron chi connectivity index (χ0n) is 10.4. The molecular weight excluding hydrogens is 216 g/mol. The fourth-order valence-corrected chi connectivity index (χ4v) is 2.29. The molecule has 0 bridgehead atoms. The van der Waals surface area contributed by atoms with Crippen LogP contribution in [0.2, 0.25) is 0 Å². The molecule has 1 aliphatic rings. The largest absolute Gasteiger partial charge is 0.384 e. The van der Waals surface area contributed by atoms with Crippen LogP contribution in [0, 0.1) is 12.8 Å². The predicted octanol–water partition coefficient (Wildman–Crippen LogP) is 1.59. The quantitative estimate of drug-likeness (QED) is 0.830. The number of nitrogens with zero attached hydrogens (tertiary/aromatic N) is 2. The Balaban J connectivity index is 1.93. The van der Waals surface area contributed by atoms with Gasteiger partial charge in [-0.2, -0.15) is 0 Å². The molecule has 0 amide bonds. The van der Waals surface area contributed by atoms with E-state index in [0.717, 1.165) is 31.8 Å². The molecule has 94 valence electrons. The Morgan fingerprint density at radius 1 is 1.53 bits per heavy atom. The molecule has 2 heterocycles. The topological polar surface area (TPSA) is 73.1 Å². The van der Waals surface area contributed by atoms with Gasteiger partial charge in [0.15, 0.2) is 0 Å². The van der Waals surface area contributed by atoms with Gasteiger partial charge in [-0.25, -0.2) is 9.97 Å². The van der Waals surface area contributed by atoms with Gasteiger partial charge in [0.05, 0.1) is 6.10 Å². The Hall–Kier alpha value is -1.36. The Bertz CT molecular complexity index is 363. The van der Waals surface area contributed by atoms with Crippen molar-refractivity contribution in [2.45, 2.75) is 32.8 Å². The summed E-state index contributed by atoms with van der Waals surface area (Å²) in [6.45, 7) is 5.76. The first-order chi connectivity index (χ1) is 8.19. The maximum Gasteiger partial charge on any atom is 0.131 e. The minimum Gasteiger partial charge on any atom is -0.384 e. The third kappa shape index (κ3) is 3.06. The van der Waals surface area contributed by atoms with Gasteiger partial charge in [0.25, 0.3) is 0 Å². The average Bonchev–Trinajstić information content (AvgIpc) is 2.72. The molecule has 0 saturated carbocycles. The van der Waals surface area contributed by atoms with Crippen LogP contribution in [0.15, 0.2) is 6.07 Å². The van der Waals surface area contributed by atoms with Crippen LogP contribution in [-0.2, 0) is 4.74 Å². The first kappa shape index (κ1) is 12.1. The smallest absolute Gasteiger partial charge is 0.131 e. The molecular formula is C12H20N4O. The van der Waals surface area contributed by atoms with Gasteiger partial charge in [-0.15, -0.1) is 0 Å². The van der Waals surface area contributed by atoms with Crippen LogP contribution in [-0.4, -0.2) is 29.2 Å². The zero-order valence-corrected chi connectivity index (χ0v) is 10.4. The lowest BCUT2D eigenvalue weighted by molar-refractivity contribution is 0.0900. The van der Waals surface area contributed by atoms with Gasteiger partial charge in [-0.3, -0.25) is 0 Å². The van der Waals surface area contributed by atoms with E-state index in [2.05, 4.69) is 22.2 Å². The molecule has 1 aliphatic heterocycles. The summed E-state index contributed by atoms with van der Waals surface area (Å²) in [5.41, 5.74) is 5.68. The standard InChI is InChI=1S/C12H20N4O/c1-3-10-9(4-5-17-10)7-14-12-6-11(13)15-8(2)16-12/h6,9-10H,3-5,7H2,1-2H3,(H3,13,14,15,16). The van der Waals surface area contributed by atoms with Crippen LogP contribution in [0.5, 0.6) is 0 Å². The predicted molar refractivity (Wildman–Crippen MR) is 67.8 cm³/mol. The number of aryl methyl sites for hydroxylation is 1. The minimum atomic E-state index is 0.378. The highest BCUT2D eigenvalue weighted by Gasteiger charge is 2.26. The Labute approximate surface area is 102 Å². The van der Waals surface area contributed by atoms with Crippen LogP contribution in [0.3, 0.4) is 0 Å². The molecule has 0 radical (unpaired) electrons. The van der Waals surface area contributed by atoms with E-state index in [9.17, 15) is 0 Å². The molecule has 0 aromatic carbocycles. The number of hydrogen-bond acceptors (Lipinski definition) is 5. The maximum atomic E-state index is 5.68. The van der Waals surface area contributed by atoms with E-state index in [-0.39, 0.29) is 0 Å². The van der Waals surface area contributed by atoms with Crippen molar-refractivity contribution in [2.24, 2.45) is 5.92 Å². The Kier molecular flexibility index (Phi) is 3.78. The SMILES string of the molecule is CCC1OCCC1CNc1cc(N)nc(C)n1. The van der Waals surface area contributed by atoms with E-state index < -0.39 is 0 Å². The summed E-state index contributed by atoms with van der Waals surface area (Å²) in [4.78, 5) is 8.35. The molecule has 1 saturated heterocycles. The van der Waals surface area contributed by atoms with Crippen LogP contribution in [0.1, 0.15) is 25.6 Å². The van der Waals surface area contributed by atoms with Crippen molar-refractivity contribution >= 4 is 11.6 Å². The Morgan fingerprint density at radius 3 is 3.06 bits per heavy atom. The fraction of sp³-hybridized carbons (Fsp3) is 0.667. The monoisotopic (exact) mass is 236 g/mol. The van der Waals surface area contributed by atoms with E-state index in [1.807, 2.05) is 6.92 Å². The number of hydrogen-bond donors (Lipinski definition) is 2. The molecule has 2 atom stereocenters. The first-order valence-electron chi connectivity index (χ1n) is 6.15. The van der Waals surface area contributed by atoms with Crippen molar-refractivity contribution in [3.8, 4) is 0 Å². The van der Waals surface area contributed by atoms with Gasteiger partial charge in [0.1, 0.15) is 17.5 Å². The molecule has 5 heteroatoms. The lowest BCUT2D eigenvalue weighted by Crippen LogP contribution is -2.23. The van der Waals surface area contributed by atoms with Crippen LogP contribution < -0.4 is 11.1 Å². The van der Waals surface area contributed by atoms with Crippen molar-refractivity contribution in [3.63, 3.8) is 0 Å².